The number of aromatic nitrogens is 3. The highest BCUT2D eigenvalue weighted by Crippen LogP contribution is 2.17. The summed E-state index contributed by atoms with van der Waals surface area (Å²) in [4.78, 5) is 21.7. The van der Waals surface area contributed by atoms with Crippen LogP contribution in [0.15, 0.2) is 23.0 Å². The van der Waals surface area contributed by atoms with Crippen molar-refractivity contribution in [3.63, 3.8) is 0 Å². The van der Waals surface area contributed by atoms with Crippen LogP contribution in [0.2, 0.25) is 0 Å². The summed E-state index contributed by atoms with van der Waals surface area (Å²) >= 11 is 0. The highest BCUT2D eigenvalue weighted by atomic mass is 16.5. The van der Waals surface area contributed by atoms with Crippen LogP contribution in [0.1, 0.15) is 23.1 Å². The fourth-order valence-electron chi connectivity index (χ4n) is 1.61. The van der Waals surface area contributed by atoms with E-state index in [1.165, 1.54) is 11.1 Å². The highest BCUT2D eigenvalue weighted by Gasteiger charge is 2.13. The van der Waals surface area contributed by atoms with Gasteiger partial charge in [-0.05, 0) is 12.6 Å². The monoisotopic (exact) mass is 275 g/mol. The number of amides is 1. The van der Waals surface area contributed by atoms with Gasteiger partial charge in [0.1, 0.15) is 0 Å². The molecule has 2 rings (SSSR count). The first-order valence-electron chi connectivity index (χ1n) is 6.32. The van der Waals surface area contributed by atoms with Crippen molar-refractivity contribution >= 4 is 5.91 Å². The number of nitrogens with zero attached hydrogens (tertiary/aromatic N) is 4. The third-order valence-corrected chi connectivity index (χ3v) is 2.64. The van der Waals surface area contributed by atoms with Gasteiger partial charge in [0.2, 0.25) is 0 Å². The lowest BCUT2D eigenvalue weighted by molar-refractivity contribution is 0.0827. The molecule has 7 nitrogen and oxygen atoms in total. The number of hydrogen-bond donors (Lipinski definition) is 1. The number of carbonyl (C=O) groups excluding carboxylic acids is 1. The maximum absolute atomic E-state index is 11.9. The molecule has 0 atom stereocenters. The first-order valence-corrected chi connectivity index (χ1v) is 6.32. The molecule has 0 aliphatic rings. The van der Waals surface area contributed by atoms with Crippen molar-refractivity contribution in [2.24, 2.45) is 0 Å². The first kappa shape index (κ1) is 14.1. The van der Waals surface area contributed by atoms with Crippen LogP contribution < -0.4 is 5.32 Å². The van der Waals surface area contributed by atoms with Crippen LogP contribution in [-0.4, -0.2) is 46.6 Å². The molecule has 1 N–H and O–H groups in total. The minimum Gasteiger partial charge on any atom is -0.345 e. The Bertz CT molecular complexity index is 594. The topological polar surface area (TPSA) is 84.2 Å². The quantitative estimate of drug-likeness (QED) is 0.874. The average molecular weight is 275 g/mol. The molecule has 0 aliphatic heterocycles. The molecule has 0 radical (unpaired) electrons. The number of hydrogen-bond acceptors (Lipinski definition) is 6. The van der Waals surface area contributed by atoms with E-state index in [2.05, 4.69) is 20.4 Å². The largest absolute Gasteiger partial charge is 0.345 e. The second-order valence-corrected chi connectivity index (χ2v) is 4.46. The molecular weight excluding hydrogens is 258 g/mol. The lowest BCUT2D eigenvalue weighted by atomic mass is 10.2. The summed E-state index contributed by atoms with van der Waals surface area (Å²) in [6.45, 7) is 3.38. The van der Waals surface area contributed by atoms with Crippen LogP contribution in [-0.2, 0) is 6.54 Å². The van der Waals surface area contributed by atoms with Crippen LogP contribution in [0, 0.1) is 0 Å². The summed E-state index contributed by atoms with van der Waals surface area (Å²) in [6.07, 6.45) is 3.11. The van der Waals surface area contributed by atoms with Crippen LogP contribution >= 0.6 is 0 Å². The predicted octanol–water partition coefficient (Wildman–Crippen LogP) is 0.943. The van der Waals surface area contributed by atoms with E-state index < -0.39 is 0 Å². The molecule has 20 heavy (non-hydrogen) atoms. The third kappa shape index (κ3) is 3.18. The highest BCUT2D eigenvalue weighted by molar-refractivity contribution is 5.94. The van der Waals surface area contributed by atoms with Gasteiger partial charge in [-0.2, -0.15) is 4.98 Å². The van der Waals surface area contributed by atoms with Gasteiger partial charge >= 0.3 is 0 Å². The van der Waals surface area contributed by atoms with Crippen molar-refractivity contribution < 1.29 is 9.32 Å². The molecule has 0 aliphatic carbocycles. The summed E-state index contributed by atoms with van der Waals surface area (Å²) in [5, 5.41) is 6.98. The Morgan fingerprint density at radius 2 is 2.20 bits per heavy atom. The Morgan fingerprint density at radius 3 is 2.90 bits per heavy atom. The molecule has 0 saturated carbocycles. The Kier molecular flexibility index (Phi) is 4.41. The van der Waals surface area contributed by atoms with Gasteiger partial charge in [-0.3, -0.25) is 9.78 Å². The summed E-state index contributed by atoms with van der Waals surface area (Å²) in [7, 11) is 3.38. The van der Waals surface area contributed by atoms with Crippen molar-refractivity contribution in [3.05, 3.63) is 29.8 Å². The van der Waals surface area contributed by atoms with E-state index in [4.69, 9.17) is 4.52 Å². The molecule has 1 amide bonds. The van der Waals surface area contributed by atoms with E-state index >= 15 is 0 Å². The SMILES string of the molecule is CCNCc1noc(-c2cncc(C(=O)N(C)C)c2)n1. The minimum absolute atomic E-state index is 0.119. The lowest BCUT2D eigenvalue weighted by Crippen LogP contribution is -2.21. The van der Waals surface area contributed by atoms with Crippen molar-refractivity contribution in [1.82, 2.24) is 25.3 Å². The zero-order valence-corrected chi connectivity index (χ0v) is 11.8. The van der Waals surface area contributed by atoms with Gasteiger partial charge in [0, 0.05) is 26.5 Å². The first-order chi connectivity index (χ1) is 9.61. The molecular formula is C13H17N5O2. The molecule has 106 valence electrons. The van der Waals surface area contributed by atoms with Gasteiger partial charge in [-0.1, -0.05) is 12.1 Å². The molecule has 7 heteroatoms. The van der Waals surface area contributed by atoms with Crippen LogP contribution in [0.25, 0.3) is 11.5 Å². The predicted molar refractivity (Wildman–Crippen MR) is 72.9 cm³/mol. The summed E-state index contributed by atoms with van der Waals surface area (Å²) in [6, 6.07) is 1.69. The smallest absolute Gasteiger partial charge is 0.259 e. The van der Waals surface area contributed by atoms with Crippen molar-refractivity contribution in [2.75, 3.05) is 20.6 Å². The van der Waals surface area contributed by atoms with Crippen molar-refractivity contribution in [1.29, 1.82) is 0 Å². The molecule has 0 fully saturated rings. The van der Waals surface area contributed by atoms with Gasteiger partial charge in [-0.25, -0.2) is 0 Å². The molecule has 2 aromatic rings. The Balaban J connectivity index is 2.22. The number of pyridine rings is 1. The van der Waals surface area contributed by atoms with E-state index in [1.807, 2.05) is 6.92 Å². The molecule has 0 spiro atoms. The Labute approximate surface area is 117 Å². The van der Waals surface area contributed by atoms with Crippen molar-refractivity contribution in [2.45, 2.75) is 13.5 Å². The van der Waals surface area contributed by atoms with Crippen LogP contribution in [0.5, 0.6) is 0 Å². The van der Waals surface area contributed by atoms with E-state index in [0.29, 0.717) is 29.4 Å². The van der Waals surface area contributed by atoms with Gasteiger partial charge in [-0.15, -0.1) is 0 Å². The zero-order valence-electron chi connectivity index (χ0n) is 11.8. The van der Waals surface area contributed by atoms with Gasteiger partial charge in [0.25, 0.3) is 11.8 Å². The number of carbonyl (C=O) groups is 1. The van der Waals surface area contributed by atoms with E-state index in [1.54, 1.807) is 26.4 Å². The van der Waals surface area contributed by atoms with Gasteiger partial charge < -0.3 is 14.7 Å². The minimum atomic E-state index is -0.119. The van der Waals surface area contributed by atoms with Gasteiger partial charge in [0.15, 0.2) is 5.82 Å². The number of rotatable bonds is 5. The lowest BCUT2D eigenvalue weighted by Gasteiger charge is -2.09. The summed E-state index contributed by atoms with van der Waals surface area (Å²) in [5.41, 5.74) is 1.12. The second kappa shape index (κ2) is 6.25. The summed E-state index contributed by atoms with van der Waals surface area (Å²) in [5.74, 6) is 0.816. The molecule has 0 bridgehead atoms. The molecule has 0 aromatic carbocycles. The fourth-order valence-corrected chi connectivity index (χ4v) is 1.61. The van der Waals surface area contributed by atoms with E-state index in [0.717, 1.165) is 6.54 Å². The molecule has 0 unspecified atom stereocenters. The normalized spacial score (nSPS) is 10.6. The van der Waals surface area contributed by atoms with Crippen LogP contribution in [0.4, 0.5) is 0 Å². The maximum Gasteiger partial charge on any atom is 0.259 e. The molecule has 2 heterocycles. The fraction of sp³-hybridized carbons (Fsp3) is 0.385. The molecule has 2 aromatic heterocycles. The number of nitrogens with one attached hydrogen (secondary N) is 1. The summed E-state index contributed by atoms with van der Waals surface area (Å²) < 4.78 is 5.18. The third-order valence-electron chi connectivity index (χ3n) is 2.64. The molecule has 0 saturated heterocycles. The maximum atomic E-state index is 11.9. The van der Waals surface area contributed by atoms with E-state index in [-0.39, 0.29) is 5.91 Å². The Morgan fingerprint density at radius 1 is 1.40 bits per heavy atom. The zero-order chi connectivity index (χ0) is 14.5. The second-order valence-electron chi connectivity index (χ2n) is 4.46. The van der Waals surface area contributed by atoms with Crippen molar-refractivity contribution in [3.8, 4) is 11.5 Å². The van der Waals surface area contributed by atoms with Crippen LogP contribution in [0.3, 0.4) is 0 Å². The Hall–Kier alpha value is -2.28. The standard InChI is InChI=1S/C13H17N5O2/c1-4-14-8-11-16-12(20-17-11)9-5-10(7-15-6-9)13(19)18(2)3/h5-7,14H,4,8H2,1-3H3. The average Bonchev–Trinajstić information content (AvgIpc) is 2.93. The van der Waals surface area contributed by atoms with E-state index in [9.17, 15) is 4.79 Å². The van der Waals surface area contributed by atoms with Gasteiger partial charge in [0.05, 0.1) is 17.7 Å².